The lowest BCUT2D eigenvalue weighted by Crippen LogP contribution is -2.30. The summed E-state index contributed by atoms with van der Waals surface area (Å²) in [6.07, 6.45) is 51.2. The van der Waals surface area contributed by atoms with Crippen LogP contribution in [0.15, 0.2) is 36.5 Å². The Labute approximate surface area is 346 Å². The molecule has 0 N–H and O–H groups in total. The van der Waals surface area contributed by atoms with Gasteiger partial charge >= 0.3 is 17.9 Å². The van der Waals surface area contributed by atoms with Crippen molar-refractivity contribution in [3.8, 4) is 0 Å². The summed E-state index contributed by atoms with van der Waals surface area (Å²) < 4.78 is 16.7. The second-order valence-corrected chi connectivity index (χ2v) is 16.0. The van der Waals surface area contributed by atoms with E-state index in [1.165, 1.54) is 122 Å². The van der Waals surface area contributed by atoms with Gasteiger partial charge in [-0.3, -0.25) is 14.4 Å². The first kappa shape index (κ1) is 53.6. The molecule has 0 bridgehead atoms. The van der Waals surface area contributed by atoms with Crippen LogP contribution in [0, 0.1) is 0 Å². The molecule has 0 aliphatic rings. The molecule has 1 atom stereocenters. The molecule has 0 spiro atoms. The maximum absolute atomic E-state index is 12.7. The van der Waals surface area contributed by atoms with Gasteiger partial charge in [0, 0.05) is 19.3 Å². The number of allylic oxidation sites excluding steroid dienone is 6. The van der Waals surface area contributed by atoms with Gasteiger partial charge in [0.15, 0.2) is 6.10 Å². The zero-order valence-corrected chi connectivity index (χ0v) is 37.2. The first-order valence-corrected chi connectivity index (χ1v) is 24.0. The number of carbonyl (C=O) groups excluding carboxylic acids is 3. The van der Waals surface area contributed by atoms with Crippen LogP contribution in [0.2, 0.25) is 0 Å². The molecular formula is C50H90O6. The van der Waals surface area contributed by atoms with Crippen LogP contribution >= 0.6 is 0 Å². The van der Waals surface area contributed by atoms with Crippen molar-refractivity contribution >= 4 is 17.9 Å². The fraction of sp³-hybridized carbons (Fsp3) is 0.820. The summed E-state index contributed by atoms with van der Waals surface area (Å²) in [5.41, 5.74) is 0. The van der Waals surface area contributed by atoms with E-state index in [0.29, 0.717) is 19.3 Å². The molecule has 0 rings (SSSR count). The van der Waals surface area contributed by atoms with Crippen LogP contribution in [0.4, 0.5) is 0 Å². The molecule has 0 heterocycles. The number of unbranched alkanes of at least 4 members (excludes halogenated alkanes) is 26. The lowest BCUT2D eigenvalue weighted by Gasteiger charge is -2.18. The van der Waals surface area contributed by atoms with Gasteiger partial charge in [-0.2, -0.15) is 0 Å². The van der Waals surface area contributed by atoms with E-state index in [1.54, 1.807) is 0 Å². The predicted molar refractivity (Wildman–Crippen MR) is 238 cm³/mol. The second kappa shape index (κ2) is 45.3. The molecule has 6 heteroatoms. The van der Waals surface area contributed by atoms with E-state index in [0.717, 1.165) is 83.5 Å². The van der Waals surface area contributed by atoms with Gasteiger partial charge in [-0.25, -0.2) is 0 Å². The van der Waals surface area contributed by atoms with E-state index in [9.17, 15) is 14.4 Å². The molecule has 6 nitrogen and oxygen atoms in total. The van der Waals surface area contributed by atoms with Crippen molar-refractivity contribution in [2.75, 3.05) is 13.2 Å². The Balaban J connectivity index is 4.38. The number of hydrogen-bond donors (Lipinski definition) is 0. The Kier molecular flexibility index (Phi) is 43.4. The summed E-state index contributed by atoms with van der Waals surface area (Å²) in [6.45, 7) is 6.55. The van der Waals surface area contributed by atoms with Gasteiger partial charge in [-0.15, -0.1) is 0 Å². The average molecular weight is 787 g/mol. The van der Waals surface area contributed by atoms with Crippen LogP contribution in [-0.2, 0) is 28.6 Å². The fourth-order valence-electron chi connectivity index (χ4n) is 6.65. The lowest BCUT2D eigenvalue weighted by molar-refractivity contribution is -0.167. The van der Waals surface area contributed by atoms with Gasteiger partial charge < -0.3 is 14.2 Å². The Bertz CT molecular complexity index is 953. The maximum Gasteiger partial charge on any atom is 0.306 e. The lowest BCUT2D eigenvalue weighted by atomic mass is 10.1. The SMILES string of the molecule is CCCC/C=C\CCCCCCCC(=O)OCC(COC(=O)CCCCCCC/C=C\CCCCCCCC)OC(=O)CCCCCCC/C=C\CCCCC. The van der Waals surface area contributed by atoms with Crippen molar-refractivity contribution in [1.82, 2.24) is 0 Å². The number of esters is 3. The molecule has 0 saturated carbocycles. The van der Waals surface area contributed by atoms with E-state index in [4.69, 9.17) is 14.2 Å². The first-order chi connectivity index (χ1) is 27.5. The molecule has 56 heavy (non-hydrogen) atoms. The molecule has 0 amide bonds. The third kappa shape index (κ3) is 42.8. The Hall–Kier alpha value is -2.37. The largest absolute Gasteiger partial charge is 0.462 e. The third-order valence-corrected chi connectivity index (χ3v) is 10.3. The van der Waals surface area contributed by atoms with Crippen LogP contribution in [0.1, 0.15) is 245 Å². The minimum Gasteiger partial charge on any atom is -0.462 e. The standard InChI is InChI=1S/C50H90O6/c1-4-7-10-13-16-19-22-24-25-26-29-31-34-37-40-43-49(52)55-46-47(45-54-48(51)42-39-36-33-30-27-21-18-15-12-9-6-3)56-50(53)44-41-38-35-32-28-23-20-17-14-11-8-5-2/h15,17-18,20,24-25,47H,4-14,16,19,21-23,26-46H2,1-3H3/b18-15-,20-17-,25-24-. The molecule has 0 radical (unpaired) electrons. The highest BCUT2D eigenvalue weighted by molar-refractivity contribution is 5.71. The van der Waals surface area contributed by atoms with Crippen molar-refractivity contribution in [3.05, 3.63) is 36.5 Å². The molecule has 0 aliphatic heterocycles. The van der Waals surface area contributed by atoms with Crippen LogP contribution in [0.25, 0.3) is 0 Å². The third-order valence-electron chi connectivity index (χ3n) is 10.3. The average Bonchev–Trinajstić information content (AvgIpc) is 3.19. The topological polar surface area (TPSA) is 78.9 Å². The zero-order chi connectivity index (χ0) is 40.8. The molecule has 0 aromatic rings. The van der Waals surface area contributed by atoms with Gasteiger partial charge in [0.2, 0.25) is 0 Å². The monoisotopic (exact) mass is 787 g/mol. The van der Waals surface area contributed by atoms with Gasteiger partial charge in [-0.1, -0.05) is 173 Å². The Morgan fingerprint density at radius 3 is 0.982 bits per heavy atom. The molecule has 0 saturated heterocycles. The summed E-state index contributed by atoms with van der Waals surface area (Å²) in [4.78, 5) is 37.8. The summed E-state index contributed by atoms with van der Waals surface area (Å²) in [5.74, 6) is -0.905. The number of hydrogen-bond acceptors (Lipinski definition) is 6. The maximum atomic E-state index is 12.7. The summed E-state index contributed by atoms with van der Waals surface area (Å²) in [6, 6.07) is 0. The molecule has 326 valence electrons. The van der Waals surface area contributed by atoms with Crippen molar-refractivity contribution in [1.29, 1.82) is 0 Å². The zero-order valence-electron chi connectivity index (χ0n) is 37.2. The van der Waals surface area contributed by atoms with E-state index >= 15 is 0 Å². The Morgan fingerprint density at radius 2 is 0.607 bits per heavy atom. The molecule has 0 aromatic heterocycles. The molecule has 0 aromatic carbocycles. The number of rotatable bonds is 43. The van der Waals surface area contributed by atoms with Gasteiger partial charge in [0.1, 0.15) is 13.2 Å². The highest BCUT2D eigenvalue weighted by Crippen LogP contribution is 2.14. The van der Waals surface area contributed by atoms with E-state index in [1.807, 2.05) is 0 Å². The highest BCUT2D eigenvalue weighted by Gasteiger charge is 2.19. The Morgan fingerprint density at radius 1 is 0.339 bits per heavy atom. The van der Waals surface area contributed by atoms with E-state index < -0.39 is 6.10 Å². The van der Waals surface area contributed by atoms with Crippen LogP contribution in [0.5, 0.6) is 0 Å². The quantitative estimate of drug-likeness (QED) is 0.0265. The van der Waals surface area contributed by atoms with Gasteiger partial charge in [0.05, 0.1) is 0 Å². The van der Waals surface area contributed by atoms with Gasteiger partial charge in [-0.05, 0) is 89.9 Å². The first-order valence-electron chi connectivity index (χ1n) is 24.0. The highest BCUT2D eigenvalue weighted by atomic mass is 16.6. The van der Waals surface area contributed by atoms with Crippen molar-refractivity contribution in [2.45, 2.75) is 252 Å². The normalized spacial score (nSPS) is 12.3. The van der Waals surface area contributed by atoms with E-state index in [-0.39, 0.29) is 31.1 Å². The van der Waals surface area contributed by atoms with Crippen molar-refractivity contribution < 1.29 is 28.6 Å². The smallest absolute Gasteiger partial charge is 0.306 e. The van der Waals surface area contributed by atoms with Gasteiger partial charge in [0.25, 0.3) is 0 Å². The number of carbonyl (C=O) groups is 3. The summed E-state index contributed by atoms with van der Waals surface area (Å²) in [5, 5.41) is 0. The van der Waals surface area contributed by atoms with Crippen LogP contribution in [-0.4, -0.2) is 37.2 Å². The summed E-state index contributed by atoms with van der Waals surface area (Å²) >= 11 is 0. The van der Waals surface area contributed by atoms with Crippen LogP contribution in [0.3, 0.4) is 0 Å². The summed E-state index contributed by atoms with van der Waals surface area (Å²) in [7, 11) is 0. The van der Waals surface area contributed by atoms with Crippen LogP contribution < -0.4 is 0 Å². The van der Waals surface area contributed by atoms with Crippen molar-refractivity contribution in [3.63, 3.8) is 0 Å². The van der Waals surface area contributed by atoms with E-state index in [2.05, 4.69) is 57.2 Å². The fourth-order valence-corrected chi connectivity index (χ4v) is 6.65. The minimum atomic E-state index is -0.779. The predicted octanol–water partition coefficient (Wildman–Crippen LogP) is 15.4. The number of ether oxygens (including phenoxy) is 3. The molecular weight excluding hydrogens is 697 g/mol. The molecule has 0 aliphatic carbocycles. The molecule has 1 unspecified atom stereocenters. The minimum absolute atomic E-state index is 0.0816. The van der Waals surface area contributed by atoms with Crippen molar-refractivity contribution in [2.24, 2.45) is 0 Å². The molecule has 0 fully saturated rings. The second-order valence-electron chi connectivity index (χ2n) is 16.0.